The number of benzene rings is 1. The molecule has 4 saturated carbocycles. The van der Waals surface area contributed by atoms with Crippen molar-refractivity contribution in [3.8, 4) is 0 Å². The molecule has 0 spiro atoms. The Morgan fingerprint density at radius 3 is 2.23 bits per heavy atom. The van der Waals surface area contributed by atoms with Crippen molar-refractivity contribution >= 4 is 33.8 Å². The van der Waals surface area contributed by atoms with E-state index in [4.69, 9.17) is 0 Å². The third kappa shape index (κ3) is 3.49. The number of urea groups is 1. The second-order valence-electron chi connectivity index (χ2n) is 10.5. The topological polar surface area (TPSA) is 78.5 Å². The summed E-state index contributed by atoms with van der Waals surface area (Å²) >= 11 is 3.39. The molecule has 5 aliphatic rings. The SMILES string of the molecule is C[C@@H](NC(=O)CN1C(=O)N[C@@](C)(c2ccc(Br)cc2)C1=O)C12CC3CC(CC(C3)C1)C2. The van der Waals surface area contributed by atoms with Gasteiger partial charge < -0.3 is 10.6 Å². The predicted octanol–water partition coefficient (Wildman–Crippen LogP) is 3.94. The maximum atomic E-state index is 13.1. The average molecular weight is 488 g/mol. The third-order valence-electron chi connectivity index (χ3n) is 8.38. The average Bonchev–Trinajstić information content (AvgIpc) is 2.91. The number of nitrogens with zero attached hydrogens (tertiary/aromatic N) is 1. The first-order valence-electron chi connectivity index (χ1n) is 11.4. The lowest BCUT2D eigenvalue weighted by Gasteiger charge is -2.59. The molecule has 1 heterocycles. The molecule has 1 saturated heterocycles. The zero-order valence-corrected chi connectivity index (χ0v) is 19.7. The van der Waals surface area contributed by atoms with E-state index in [1.807, 2.05) is 12.1 Å². The van der Waals surface area contributed by atoms with Gasteiger partial charge in [-0.15, -0.1) is 0 Å². The fourth-order valence-corrected chi connectivity index (χ4v) is 7.38. The van der Waals surface area contributed by atoms with Gasteiger partial charge in [-0.05, 0) is 93.2 Å². The molecule has 4 bridgehead atoms. The number of hydrogen-bond donors (Lipinski definition) is 2. The van der Waals surface area contributed by atoms with Crippen LogP contribution in [0.3, 0.4) is 0 Å². The Morgan fingerprint density at radius 1 is 1.13 bits per heavy atom. The molecule has 31 heavy (non-hydrogen) atoms. The fraction of sp³-hybridized carbons (Fsp3) is 0.625. The number of carbonyl (C=O) groups is 3. The lowest BCUT2D eigenvalue weighted by Crippen LogP contribution is -2.57. The molecule has 4 amide bonds. The smallest absolute Gasteiger partial charge is 0.325 e. The molecule has 1 aromatic carbocycles. The maximum absolute atomic E-state index is 13.1. The zero-order valence-electron chi connectivity index (χ0n) is 18.1. The van der Waals surface area contributed by atoms with Crippen molar-refractivity contribution < 1.29 is 14.4 Å². The van der Waals surface area contributed by atoms with Gasteiger partial charge in [-0.2, -0.15) is 0 Å². The number of hydrogen-bond acceptors (Lipinski definition) is 3. The van der Waals surface area contributed by atoms with E-state index in [1.165, 1.54) is 38.5 Å². The van der Waals surface area contributed by atoms with E-state index in [0.29, 0.717) is 5.56 Å². The van der Waals surface area contributed by atoms with Gasteiger partial charge in [-0.25, -0.2) is 4.79 Å². The lowest BCUT2D eigenvalue weighted by molar-refractivity contribution is -0.136. The van der Waals surface area contributed by atoms with Gasteiger partial charge in [0.1, 0.15) is 12.1 Å². The first-order valence-corrected chi connectivity index (χ1v) is 12.2. The van der Waals surface area contributed by atoms with E-state index in [9.17, 15) is 14.4 Å². The molecule has 0 unspecified atom stereocenters. The highest BCUT2D eigenvalue weighted by molar-refractivity contribution is 9.10. The molecule has 2 N–H and O–H groups in total. The number of halogens is 1. The lowest BCUT2D eigenvalue weighted by atomic mass is 9.48. The van der Waals surface area contributed by atoms with Crippen molar-refractivity contribution in [2.75, 3.05) is 6.54 Å². The third-order valence-corrected chi connectivity index (χ3v) is 8.91. The summed E-state index contributed by atoms with van der Waals surface area (Å²) in [6.45, 7) is 3.56. The molecular weight excluding hydrogens is 458 g/mol. The second kappa shape index (κ2) is 7.32. The van der Waals surface area contributed by atoms with Crippen molar-refractivity contribution in [1.29, 1.82) is 0 Å². The van der Waals surface area contributed by atoms with Gasteiger partial charge in [-0.3, -0.25) is 14.5 Å². The standard InChI is InChI=1S/C24H30BrN3O3/c1-14(24-10-15-7-16(11-24)9-17(8-15)12-24)26-20(29)13-28-21(30)23(2,27-22(28)31)18-3-5-19(25)6-4-18/h3-6,14-17H,7-13H2,1-2H3,(H,26,29)(H,27,31)/t14-,15?,16?,17?,23+,24?/m1/s1. The largest absolute Gasteiger partial charge is 0.352 e. The van der Waals surface area contributed by atoms with Gasteiger partial charge in [0.05, 0.1) is 0 Å². The van der Waals surface area contributed by atoms with Crippen molar-refractivity contribution in [2.45, 2.75) is 64.0 Å². The summed E-state index contributed by atoms with van der Waals surface area (Å²) in [7, 11) is 0. The highest BCUT2D eigenvalue weighted by atomic mass is 79.9. The fourth-order valence-electron chi connectivity index (χ4n) is 7.11. The molecule has 7 heteroatoms. The van der Waals surface area contributed by atoms with Crippen molar-refractivity contribution in [2.24, 2.45) is 23.2 Å². The highest BCUT2D eigenvalue weighted by Crippen LogP contribution is 2.61. The van der Waals surface area contributed by atoms with Crippen LogP contribution in [-0.2, 0) is 15.1 Å². The number of amides is 4. The molecule has 4 aliphatic carbocycles. The molecule has 2 atom stereocenters. The maximum Gasteiger partial charge on any atom is 0.325 e. The minimum atomic E-state index is -1.16. The Kier molecular flexibility index (Phi) is 4.96. The van der Waals surface area contributed by atoms with E-state index < -0.39 is 17.5 Å². The normalized spacial score (nSPS) is 37.1. The number of imide groups is 1. The van der Waals surface area contributed by atoms with Crippen molar-refractivity contribution in [3.63, 3.8) is 0 Å². The summed E-state index contributed by atoms with van der Waals surface area (Å²) in [5.74, 6) is 1.78. The first-order chi connectivity index (χ1) is 14.7. The predicted molar refractivity (Wildman–Crippen MR) is 120 cm³/mol. The monoisotopic (exact) mass is 487 g/mol. The van der Waals surface area contributed by atoms with E-state index in [1.54, 1.807) is 19.1 Å². The number of nitrogens with one attached hydrogen (secondary N) is 2. The van der Waals surface area contributed by atoms with Gasteiger partial charge >= 0.3 is 6.03 Å². The Balaban J connectivity index is 1.26. The minimum absolute atomic E-state index is 0.0621. The molecule has 6 rings (SSSR count). The van der Waals surface area contributed by atoms with Crippen LogP contribution in [0, 0.1) is 23.2 Å². The molecule has 1 aromatic rings. The van der Waals surface area contributed by atoms with Gasteiger partial charge in [0.25, 0.3) is 5.91 Å². The van der Waals surface area contributed by atoms with E-state index in [2.05, 4.69) is 33.5 Å². The van der Waals surface area contributed by atoms with E-state index >= 15 is 0 Å². The molecule has 5 fully saturated rings. The van der Waals surface area contributed by atoms with Gasteiger partial charge in [0.2, 0.25) is 5.91 Å². The van der Waals surface area contributed by atoms with Crippen molar-refractivity contribution in [1.82, 2.24) is 15.5 Å². The second-order valence-corrected chi connectivity index (χ2v) is 11.4. The van der Waals surface area contributed by atoms with Crippen LogP contribution in [0.5, 0.6) is 0 Å². The quantitative estimate of drug-likeness (QED) is 0.617. The molecule has 0 radical (unpaired) electrons. The highest BCUT2D eigenvalue weighted by Gasteiger charge is 2.54. The molecule has 0 aromatic heterocycles. The van der Waals surface area contributed by atoms with Crippen LogP contribution in [-0.4, -0.2) is 35.3 Å². The molecule has 1 aliphatic heterocycles. The Bertz CT molecular complexity index is 895. The number of rotatable bonds is 5. The molecular formula is C24H30BrN3O3. The van der Waals surface area contributed by atoms with Crippen LogP contribution in [0.4, 0.5) is 4.79 Å². The zero-order chi connectivity index (χ0) is 22.0. The van der Waals surface area contributed by atoms with Crippen LogP contribution in [0.15, 0.2) is 28.7 Å². The van der Waals surface area contributed by atoms with Crippen molar-refractivity contribution in [3.05, 3.63) is 34.3 Å². The van der Waals surface area contributed by atoms with Crippen LogP contribution < -0.4 is 10.6 Å². The number of carbonyl (C=O) groups excluding carboxylic acids is 3. The summed E-state index contributed by atoms with van der Waals surface area (Å²) < 4.78 is 0.895. The summed E-state index contributed by atoms with van der Waals surface area (Å²) in [5.41, 5.74) is -0.282. The molecule has 6 nitrogen and oxygen atoms in total. The Labute approximate surface area is 191 Å². The van der Waals surface area contributed by atoms with E-state index in [-0.39, 0.29) is 23.9 Å². The molecule has 166 valence electrons. The Morgan fingerprint density at radius 2 is 1.68 bits per heavy atom. The van der Waals surface area contributed by atoms with E-state index in [0.717, 1.165) is 27.1 Å². The Hall–Kier alpha value is -1.89. The van der Waals surface area contributed by atoms with Gasteiger partial charge in [0, 0.05) is 10.5 Å². The summed E-state index contributed by atoms with van der Waals surface area (Å²) in [6.07, 6.45) is 7.67. The van der Waals surface area contributed by atoms with Gasteiger partial charge in [-0.1, -0.05) is 28.1 Å². The summed E-state index contributed by atoms with van der Waals surface area (Å²) in [4.78, 5) is 39.6. The van der Waals surface area contributed by atoms with Crippen LogP contribution >= 0.6 is 15.9 Å². The summed E-state index contributed by atoms with van der Waals surface area (Å²) in [6, 6.07) is 6.83. The van der Waals surface area contributed by atoms with Crippen LogP contribution in [0.25, 0.3) is 0 Å². The minimum Gasteiger partial charge on any atom is -0.352 e. The summed E-state index contributed by atoms with van der Waals surface area (Å²) in [5, 5.41) is 5.94. The van der Waals surface area contributed by atoms with Crippen LogP contribution in [0.1, 0.15) is 57.9 Å². The first kappa shape index (κ1) is 21.0. The van der Waals surface area contributed by atoms with Crippen LogP contribution in [0.2, 0.25) is 0 Å². The van der Waals surface area contributed by atoms with Gasteiger partial charge in [0.15, 0.2) is 0 Å².